The standard InChI is InChI=1S/C19H17N5O3/c1-13-10-15(12-21-22-19(25)18-8-3-4-9-20-18)14(2)23(13)16-6-5-7-17(11-16)24(26)27/h3-12H,1-2H3,(H,22,25). The van der Waals surface area contributed by atoms with Crippen LogP contribution in [0, 0.1) is 24.0 Å². The van der Waals surface area contributed by atoms with E-state index in [9.17, 15) is 14.9 Å². The Morgan fingerprint density at radius 3 is 2.74 bits per heavy atom. The molecule has 3 rings (SSSR count). The van der Waals surface area contributed by atoms with E-state index in [-0.39, 0.29) is 11.4 Å². The Morgan fingerprint density at radius 1 is 1.22 bits per heavy atom. The van der Waals surface area contributed by atoms with Gasteiger partial charge in [0.25, 0.3) is 11.6 Å². The first-order chi connectivity index (χ1) is 13.0. The fourth-order valence-corrected chi connectivity index (χ4v) is 2.78. The Hall–Kier alpha value is -3.81. The van der Waals surface area contributed by atoms with Gasteiger partial charge in [-0.15, -0.1) is 0 Å². The van der Waals surface area contributed by atoms with E-state index in [4.69, 9.17) is 0 Å². The SMILES string of the molecule is Cc1cc(C=NNC(=O)c2ccccn2)c(C)n1-c1cccc([N+](=O)[O-])c1. The van der Waals surface area contributed by atoms with Gasteiger partial charge < -0.3 is 4.57 Å². The maximum atomic E-state index is 12.0. The van der Waals surface area contributed by atoms with Gasteiger partial charge in [-0.05, 0) is 38.1 Å². The third kappa shape index (κ3) is 3.90. The molecule has 3 aromatic rings. The summed E-state index contributed by atoms with van der Waals surface area (Å²) in [5.74, 6) is -0.403. The fourth-order valence-electron chi connectivity index (χ4n) is 2.78. The number of pyridine rings is 1. The fraction of sp³-hybridized carbons (Fsp3) is 0.105. The molecule has 2 heterocycles. The predicted molar refractivity (Wildman–Crippen MR) is 101 cm³/mol. The molecule has 27 heavy (non-hydrogen) atoms. The van der Waals surface area contributed by atoms with Crippen LogP contribution in [0.3, 0.4) is 0 Å². The minimum atomic E-state index is -0.423. The minimum absolute atomic E-state index is 0.0258. The Kier molecular flexibility index (Phi) is 5.07. The van der Waals surface area contributed by atoms with Gasteiger partial charge in [-0.25, -0.2) is 5.43 Å². The largest absolute Gasteiger partial charge is 0.318 e. The van der Waals surface area contributed by atoms with Crippen LogP contribution in [0.15, 0.2) is 59.8 Å². The number of nitrogens with one attached hydrogen (secondary N) is 1. The maximum Gasteiger partial charge on any atom is 0.289 e. The molecule has 8 nitrogen and oxygen atoms in total. The van der Waals surface area contributed by atoms with Gasteiger partial charge in [0.2, 0.25) is 0 Å². The van der Waals surface area contributed by atoms with Crippen molar-refractivity contribution in [3.8, 4) is 5.69 Å². The van der Waals surface area contributed by atoms with Crippen LogP contribution in [0.25, 0.3) is 5.69 Å². The molecule has 0 aliphatic carbocycles. The molecule has 0 bridgehead atoms. The Morgan fingerprint density at radius 2 is 2.04 bits per heavy atom. The average molecular weight is 363 g/mol. The van der Waals surface area contributed by atoms with Crippen LogP contribution in [-0.2, 0) is 0 Å². The second kappa shape index (κ2) is 7.61. The molecule has 0 aliphatic heterocycles. The van der Waals surface area contributed by atoms with Crippen LogP contribution in [-0.4, -0.2) is 26.6 Å². The van der Waals surface area contributed by atoms with E-state index in [2.05, 4.69) is 15.5 Å². The summed E-state index contributed by atoms with van der Waals surface area (Å²) in [5, 5.41) is 15.0. The van der Waals surface area contributed by atoms with Gasteiger partial charge in [-0.2, -0.15) is 5.10 Å². The van der Waals surface area contributed by atoms with E-state index >= 15 is 0 Å². The molecule has 2 aromatic heterocycles. The number of rotatable bonds is 5. The van der Waals surface area contributed by atoms with Crippen LogP contribution in [0.2, 0.25) is 0 Å². The second-order valence-electron chi connectivity index (χ2n) is 5.85. The van der Waals surface area contributed by atoms with Crippen molar-refractivity contribution >= 4 is 17.8 Å². The van der Waals surface area contributed by atoms with Crippen molar-refractivity contribution in [2.45, 2.75) is 13.8 Å². The molecule has 1 N–H and O–H groups in total. The Bertz CT molecular complexity index is 1030. The van der Waals surface area contributed by atoms with Crippen LogP contribution < -0.4 is 5.43 Å². The van der Waals surface area contributed by atoms with Crippen molar-refractivity contribution < 1.29 is 9.72 Å². The van der Waals surface area contributed by atoms with Gasteiger partial charge in [0.1, 0.15) is 5.69 Å². The number of carbonyl (C=O) groups is 1. The zero-order valence-electron chi connectivity index (χ0n) is 14.8. The van der Waals surface area contributed by atoms with Gasteiger partial charge >= 0.3 is 0 Å². The number of hydrazone groups is 1. The third-order valence-electron chi connectivity index (χ3n) is 4.04. The highest BCUT2D eigenvalue weighted by Crippen LogP contribution is 2.23. The van der Waals surface area contributed by atoms with Crippen LogP contribution in [0.1, 0.15) is 27.4 Å². The first-order valence-corrected chi connectivity index (χ1v) is 8.15. The molecule has 0 atom stereocenters. The Labute approximate surface area is 155 Å². The summed E-state index contributed by atoms with van der Waals surface area (Å²) in [6.45, 7) is 3.78. The maximum absolute atomic E-state index is 12.0. The molecule has 1 amide bonds. The monoisotopic (exact) mass is 363 g/mol. The predicted octanol–water partition coefficient (Wildman–Crippen LogP) is 3.16. The topological polar surface area (TPSA) is 102 Å². The highest BCUT2D eigenvalue weighted by Gasteiger charge is 2.13. The number of non-ortho nitro benzene ring substituents is 1. The van der Waals surface area contributed by atoms with Gasteiger partial charge in [-0.1, -0.05) is 12.1 Å². The van der Waals surface area contributed by atoms with E-state index in [0.29, 0.717) is 5.69 Å². The van der Waals surface area contributed by atoms with Gasteiger partial charge in [-0.3, -0.25) is 19.9 Å². The summed E-state index contributed by atoms with van der Waals surface area (Å²) in [4.78, 5) is 26.5. The summed E-state index contributed by atoms with van der Waals surface area (Å²) < 4.78 is 1.90. The zero-order chi connectivity index (χ0) is 19.4. The molecule has 0 spiro atoms. The molecule has 0 radical (unpaired) electrons. The first kappa shape index (κ1) is 18.0. The lowest BCUT2D eigenvalue weighted by Crippen LogP contribution is -2.18. The van der Waals surface area contributed by atoms with E-state index in [1.54, 1.807) is 30.3 Å². The van der Waals surface area contributed by atoms with E-state index in [1.807, 2.05) is 24.5 Å². The van der Waals surface area contributed by atoms with Crippen molar-refractivity contribution in [3.05, 3.63) is 87.5 Å². The lowest BCUT2D eigenvalue weighted by molar-refractivity contribution is -0.384. The lowest BCUT2D eigenvalue weighted by Gasteiger charge is -2.09. The number of nitro benzene ring substituents is 1. The molecule has 136 valence electrons. The number of nitrogens with zero attached hydrogens (tertiary/aromatic N) is 4. The van der Waals surface area contributed by atoms with Crippen LogP contribution in [0.4, 0.5) is 5.69 Å². The van der Waals surface area contributed by atoms with E-state index < -0.39 is 10.8 Å². The number of benzene rings is 1. The molecular weight excluding hydrogens is 346 g/mol. The van der Waals surface area contributed by atoms with Gasteiger partial charge in [0.15, 0.2) is 0 Å². The van der Waals surface area contributed by atoms with E-state index in [1.165, 1.54) is 24.5 Å². The van der Waals surface area contributed by atoms with Crippen molar-refractivity contribution in [2.24, 2.45) is 5.10 Å². The number of hydrogen-bond donors (Lipinski definition) is 1. The molecule has 8 heteroatoms. The third-order valence-corrected chi connectivity index (χ3v) is 4.04. The Balaban J connectivity index is 1.83. The van der Waals surface area contributed by atoms with Crippen molar-refractivity contribution in [3.63, 3.8) is 0 Å². The number of nitro groups is 1. The summed E-state index contributed by atoms with van der Waals surface area (Å²) in [6, 6.07) is 13.4. The summed E-state index contributed by atoms with van der Waals surface area (Å²) in [5.41, 5.74) is 5.96. The van der Waals surface area contributed by atoms with Crippen LogP contribution >= 0.6 is 0 Å². The van der Waals surface area contributed by atoms with Gasteiger partial charge in [0, 0.05) is 35.3 Å². The average Bonchev–Trinajstić information content (AvgIpc) is 2.96. The minimum Gasteiger partial charge on any atom is -0.318 e. The van der Waals surface area contributed by atoms with Crippen molar-refractivity contribution in [1.29, 1.82) is 0 Å². The number of carbonyl (C=O) groups excluding carboxylic acids is 1. The molecule has 0 aliphatic rings. The van der Waals surface area contributed by atoms with Crippen molar-refractivity contribution in [1.82, 2.24) is 15.0 Å². The summed E-state index contributed by atoms with van der Waals surface area (Å²) in [6.07, 6.45) is 3.07. The molecule has 0 unspecified atom stereocenters. The molecular formula is C19H17N5O3. The number of aromatic nitrogens is 2. The van der Waals surface area contributed by atoms with Crippen molar-refractivity contribution in [2.75, 3.05) is 0 Å². The highest BCUT2D eigenvalue weighted by atomic mass is 16.6. The normalized spacial score (nSPS) is 10.9. The molecule has 0 saturated heterocycles. The number of hydrogen-bond acceptors (Lipinski definition) is 5. The van der Waals surface area contributed by atoms with E-state index in [0.717, 1.165) is 17.0 Å². The second-order valence-corrected chi connectivity index (χ2v) is 5.85. The first-order valence-electron chi connectivity index (χ1n) is 8.15. The number of aryl methyl sites for hydroxylation is 1. The molecule has 0 fully saturated rings. The zero-order valence-corrected chi connectivity index (χ0v) is 14.8. The van der Waals surface area contributed by atoms with Gasteiger partial charge in [0.05, 0.1) is 16.8 Å². The summed E-state index contributed by atoms with van der Waals surface area (Å²) >= 11 is 0. The summed E-state index contributed by atoms with van der Waals surface area (Å²) in [7, 11) is 0. The smallest absolute Gasteiger partial charge is 0.289 e. The molecule has 0 saturated carbocycles. The number of amides is 1. The molecule has 1 aromatic carbocycles. The van der Waals surface area contributed by atoms with Crippen LogP contribution in [0.5, 0.6) is 0 Å². The quantitative estimate of drug-likeness (QED) is 0.427. The lowest BCUT2D eigenvalue weighted by atomic mass is 10.2. The highest BCUT2D eigenvalue weighted by molar-refractivity contribution is 5.93.